The first-order valence-corrected chi connectivity index (χ1v) is 8.15. The summed E-state index contributed by atoms with van der Waals surface area (Å²) in [5.74, 6) is 1.02. The van der Waals surface area contributed by atoms with E-state index in [2.05, 4.69) is 31.1 Å². The molecule has 3 heteroatoms. The van der Waals surface area contributed by atoms with Crippen molar-refractivity contribution in [3.63, 3.8) is 0 Å². The van der Waals surface area contributed by atoms with Gasteiger partial charge >= 0.3 is 0 Å². The van der Waals surface area contributed by atoms with E-state index in [1.54, 1.807) is 0 Å². The van der Waals surface area contributed by atoms with Gasteiger partial charge in [-0.1, -0.05) is 25.7 Å². The number of nitrogens with one attached hydrogen (secondary N) is 1. The molecule has 1 aliphatic carbocycles. The minimum absolute atomic E-state index is 0.458. The first-order valence-electron chi connectivity index (χ1n) is 7.34. The van der Waals surface area contributed by atoms with Gasteiger partial charge in [-0.25, -0.2) is 4.98 Å². The molecule has 18 heavy (non-hydrogen) atoms. The van der Waals surface area contributed by atoms with Crippen molar-refractivity contribution in [3.05, 3.63) is 15.6 Å². The zero-order valence-electron chi connectivity index (χ0n) is 12.0. The van der Waals surface area contributed by atoms with E-state index in [9.17, 15) is 0 Å². The molecule has 1 aromatic heterocycles. The van der Waals surface area contributed by atoms with Gasteiger partial charge in [-0.15, -0.1) is 11.3 Å². The van der Waals surface area contributed by atoms with Gasteiger partial charge in [0, 0.05) is 10.9 Å². The molecule has 2 rings (SSSR count). The minimum Gasteiger partial charge on any atom is -0.309 e. The van der Waals surface area contributed by atoms with Gasteiger partial charge in [-0.3, -0.25) is 0 Å². The third-order valence-electron chi connectivity index (χ3n) is 4.05. The van der Waals surface area contributed by atoms with E-state index < -0.39 is 0 Å². The fraction of sp³-hybridized carbons (Fsp3) is 0.800. The highest BCUT2D eigenvalue weighted by Crippen LogP contribution is 2.28. The van der Waals surface area contributed by atoms with Gasteiger partial charge in [-0.05, 0) is 46.1 Å². The summed E-state index contributed by atoms with van der Waals surface area (Å²) in [4.78, 5) is 5.91. The molecule has 1 fully saturated rings. The van der Waals surface area contributed by atoms with Crippen LogP contribution in [0.25, 0.3) is 0 Å². The third-order valence-corrected chi connectivity index (χ3v) is 5.30. The van der Waals surface area contributed by atoms with Crippen LogP contribution in [-0.4, -0.2) is 11.5 Å². The molecule has 102 valence electrons. The Labute approximate surface area is 115 Å². The van der Waals surface area contributed by atoms with Gasteiger partial charge in [0.25, 0.3) is 0 Å². The molecule has 1 N–H and O–H groups in total. The van der Waals surface area contributed by atoms with Crippen molar-refractivity contribution in [2.24, 2.45) is 5.92 Å². The number of aromatic nitrogens is 1. The number of nitrogens with zero attached hydrogens (tertiary/aromatic N) is 1. The average Bonchev–Trinajstić information content (AvgIpc) is 2.94. The summed E-state index contributed by atoms with van der Waals surface area (Å²) in [6, 6.07) is 0.458. The molecule has 1 aliphatic rings. The zero-order valence-corrected chi connectivity index (χ0v) is 12.8. The maximum Gasteiger partial charge on any atom is 0.0900 e. The van der Waals surface area contributed by atoms with Crippen molar-refractivity contribution >= 4 is 11.3 Å². The van der Waals surface area contributed by atoms with Crippen LogP contribution in [0, 0.1) is 19.8 Å². The fourth-order valence-electron chi connectivity index (χ4n) is 3.05. The van der Waals surface area contributed by atoms with Gasteiger partial charge in [0.2, 0.25) is 0 Å². The van der Waals surface area contributed by atoms with Crippen molar-refractivity contribution in [2.75, 3.05) is 6.54 Å². The first kappa shape index (κ1) is 14.0. The van der Waals surface area contributed by atoms with E-state index >= 15 is 0 Å². The smallest absolute Gasteiger partial charge is 0.0900 e. The Balaban J connectivity index is 1.68. The van der Waals surface area contributed by atoms with Gasteiger partial charge in [0.05, 0.1) is 10.7 Å². The second-order valence-electron chi connectivity index (χ2n) is 5.65. The van der Waals surface area contributed by atoms with Crippen LogP contribution >= 0.6 is 11.3 Å². The highest BCUT2D eigenvalue weighted by Gasteiger charge is 2.15. The Hall–Kier alpha value is -0.410. The normalized spacial score (nSPS) is 18.4. The van der Waals surface area contributed by atoms with E-state index in [1.165, 1.54) is 54.1 Å². The van der Waals surface area contributed by atoms with Crippen LogP contribution in [0.2, 0.25) is 0 Å². The number of thiazole rings is 1. The lowest BCUT2D eigenvalue weighted by atomic mass is 10.0. The molecule has 0 spiro atoms. The SMILES string of the molecule is Cc1nc(C)c(C(C)NCCCC2CCCC2)s1. The second kappa shape index (κ2) is 6.67. The molecule has 1 atom stereocenters. The zero-order chi connectivity index (χ0) is 13.0. The lowest BCUT2D eigenvalue weighted by Gasteiger charge is -2.14. The average molecular weight is 266 g/mol. The summed E-state index contributed by atoms with van der Waals surface area (Å²) in [5, 5.41) is 4.83. The summed E-state index contributed by atoms with van der Waals surface area (Å²) in [6.07, 6.45) is 8.62. The summed E-state index contributed by atoms with van der Waals surface area (Å²) in [6.45, 7) is 7.62. The highest BCUT2D eigenvalue weighted by molar-refractivity contribution is 7.11. The van der Waals surface area contributed by atoms with E-state index in [0.29, 0.717) is 6.04 Å². The Morgan fingerprint density at radius 2 is 2.06 bits per heavy atom. The van der Waals surface area contributed by atoms with Crippen molar-refractivity contribution < 1.29 is 0 Å². The van der Waals surface area contributed by atoms with Crippen LogP contribution in [0.5, 0.6) is 0 Å². The standard InChI is InChI=1S/C15H26N2S/c1-11(15-12(2)17-13(3)18-15)16-10-6-9-14-7-4-5-8-14/h11,14,16H,4-10H2,1-3H3. The van der Waals surface area contributed by atoms with E-state index in [0.717, 1.165) is 12.5 Å². The molecule has 0 amide bonds. The molecule has 1 saturated carbocycles. The molecule has 1 unspecified atom stereocenters. The maximum absolute atomic E-state index is 4.50. The van der Waals surface area contributed by atoms with Crippen molar-refractivity contribution in [1.29, 1.82) is 0 Å². The Morgan fingerprint density at radius 3 is 2.67 bits per heavy atom. The molecule has 0 saturated heterocycles. The Morgan fingerprint density at radius 1 is 1.33 bits per heavy atom. The minimum atomic E-state index is 0.458. The number of hydrogen-bond acceptors (Lipinski definition) is 3. The Bertz CT molecular complexity index is 367. The lowest BCUT2D eigenvalue weighted by molar-refractivity contribution is 0.457. The Kier molecular flexibility index (Phi) is 5.19. The molecule has 0 bridgehead atoms. The van der Waals surface area contributed by atoms with Crippen LogP contribution < -0.4 is 5.32 Å². The van der Waals surface area contributed by atoms with Gasteiger partial charge in [-0.2, -0.15) is 0 Å². The third kappa shape index (κ3) is 3.79. The molecule has 0 aliphatic heterocycles. The summed E-state index contributed by atoms with van der Waals surface area (Å²) in [7, 11) is 0. The van der Waals surface area contributed by atoms with Gasteiger partial charge in [0.1, 0.15) is 0 Å². The lowest BCUT2D eigenvalue weighted by Crippen LogP contribution is -2.20. The molecular formula is C15H26N2S. The van der Waals surface area contributed by atoms with Crippen LogP contribution in [0.4, 0.5) is 0 Å². The van der Waals surface area contributed by atoms with E-state index in [1.807, 2.05) is 11.3 Å². The molecule has 0 aromatic carbocycles. The molecule has 1 heterocycles. The van der Waals surface area contributed by atoms with Crippen molar-refractivity contribution in [2.45, 2.75) is 65.3 Å². The second-order valence-corrected chi connectivity index (χ2v) is 6.89. The quantitative estimate of drug-likeness (QED) is 0.773. The van der Waals surface area contributed by atoms with Crippen LogP contribution in [0.3, 0.4) is 0 Å². The first-order chi connectivity index (χ1) is 8.66. The van der Waals surface area contributed by atoms with Gasteiger partial charge in [0.15, 0.2) is 0 Å². The molecular weight excluding hydrogens is 240 g/mol. The summed E-state index contributed by atoms with van der Waals surface area (Å²) in [5.41, 5.74) is 1.20. The van der Waals surface area contributed by atoms with Crippen molar-refractivity contribution in [3.8, 4) is 0 Å². The summed E-state index contributed by atoms with van der Waals surface area (Å²) < 4.78 is 0. The predicted molar refractivity (Wildman–Crippen MR) is 79.2 cm³/mol. The highest BCUT2D eigenvalue weighted by atomic mass is 32.1. The largest absolute Gasteiger partial charge is 0.309 e. The molecule has 1 aromatic rings. The van der Waals surface area contributed by atoms with Crippen LogP contribution in [-0.2, 0) is 0 Å². The number of rotatable bonds is 6. The number of aryl methyl sites for hydroxylation is 2. The van der Waals surface area contributed by atoms with Crippen LogP contribution in [0.15, 0.2) is 0 Å². The fourth-order valence-corrected chi connectivity index (χ4v) is 4.00. The summed E-state index contributed by atoms with van der Waals surface area (Å²) >= 11 is 1.83. The number of hydrogen-bond donors (Lipinski definition) is 1. The van der Waals surface area contributed by atoms with Crippen LogP contribution in [0.1, 0.15) is 67.1 Å². The molecule has 2 nitrogen and oxygen atoms in total. The molecule has 0 radical (unpaired) electrons. The van der Waals surface area contributed by atoms with E-state index in [-0.39, 0.29) is 0 Å². The van der Waals surface area contributed by atoms with Crippen molar-refractivity contribution in [1.82, 2.24) is 10.3 Å². The predicted octanol–water partition coefficient (Wildman–Crippen LogP) is 4.38. The maximum atomic E-state index is 4.50. The van der Waals surface area contributed by atoms with Gasteiger partial charge < -0.3 is 5.32 Å². The monoisotopic (exact) mass is 266 g/mol. The topological polar surface area (TPSA) is 24.9 Å². The van der Waals surface area contributed by atoms with E-state index in [4.69, 9.17) is 0 Å².